The van der Waals surface area contributed by atoms with E-state index in [9.17, 15) is 4.79 Å². The van der Waals surface area contributed by atoms with E-state index in [1.54, 1.807) is 0 Å². The first-order chi connectivity index (χ1) is 8.22. The van der Waals surface area contributed by atoms with Crippen molar-refractivity contribution in [3.8, 4) is 0 Å². The van der Waals surface area contributed by atoms with E-state index in [-0.39, 0.29) is 5.97 Å². The maximum absolute atomic E-state index is 11.7. The number of ether oxygens (including phenoxy) is 1. The molecule has 0 aliphatic heterocycles. The van der Waals surface area contributed by atoms with Gasteiger partial charge in [0.2, 0.25) is 0 Å². The lowest BCUT2D eigenvalue weighted by Gasteiger charge is -2.07. The minimum atomic E-state index is -0.309. The molecule has 0 bridgehead atoms. The Labute approximate surface area is 105 Å². The van der Waals surface area contributed by atoms with Crippen molar-refractivity contribution in [3.05, 3.63) is 53.9 Å². The Morgan fingerprint density at radius 3 is 2.59 bits per heavy atom. The van der Waals surface area contributed by atoms with Crippen molar-refractivity contribution in [2.45, 2.75) is 11.8 Å². The number of methoxy groups -OCH3 is 1. The predicted molar refractivity (Wildman–Crippen MR) is 68.2 cm³/mol. The van der Waals surface area contributed by atoms with Crippen LogP contribution >= 0.6 is 11.9 Å². The zero-order valence-corrected chi connectivity index (χ0v) is 10.5. The number of benzene rings is 1. The molecule has 0 amide bonds. The van der Waals surface area contributed by atoms with Crippen LogP contribution < -0.4 is 0 Å². The third-order valence-electron chi connectivity index (χ3n) is 2.38. The van der Waals surface area contributed by atoms with Gasteiger partial charge in [0.25, 0.3) is 0 Å². The van der Waals surface area contributed by atoms with Crippen molar-refractivity contribution < 1.29 is 9.53 Å². The van der Waals surface area contributed by atoms with Gasteiger partial charge in [-0.3, -0.25) is 3.97 Å². The van der Waals surface area contributed by atoms with Crippen LogP contribution in [0.3, 0.4) is 0 Å². The topological polar surface area (TPSA) is 31.2 Å². The number of rotatable bonds is 3. The molecule has 17 heavy (non-hydrogen) atoms. The third-order valence-corrected chi connectivity index (χ3v) is 3.36. The van der Waals surface area contributed by atoms with E-state index in [2.05, 4.69) is 0 Å². The average molecular weight is 247 g/mol. The summed E-state index contributed by atoms with van der Waals surface area (Å²) in [6.07, 6.45) is 1.87. The second kappa shape index (κ2) is 5.10. The number of nitrogens with zero attached hydrogens (tertiary/aromatic N) is 1. The summed E-state index contributed by atoms with van der Waals surface area (Å²) in [6, 6.07) is 11.8. The van der Waals surface area contributed by atoms with Gasteiger partial charge in [-0.25, -0.2) is 4.79 Å². The molecule has 2 aromatic rings. The summed E-state index contributed by atoms with van der Waals surface area (Å²) in [5.41, 5.74) is 1.50. The molecule has 2 rings (SSSR count). The van der Waals surface area contributed by atoms with E-state index >= 15 is 0 Å². The van der Waals surface area contributed by atoms with E-state index in [0.29, 0.717) is 5.69 Å². The van der Waals surface area contributed by atoms with Gasteiger partial charge >= 0.3 is 5.97 Å². The summed E-state index contributed by atoms with van der Waals surface area (Å²) in [7, 11) is 1.40. The molecular formula is C13H13NO2S. The van der Waals surface area contributed by atoms with Crippen LogP contribution in [-0.4, -0.2) is 17.1 Å². The highest BCUT2D eigenvalue weighted by Gasteiger charge is 2.15. The standard InChI is InChI=1S/C13H13NO2S/c1-10-8-9-14(12(10)13(15)16-2)17-11-6-4-3-5-7-11/h3-9H,1-2H3. The molecule has 0 atom stereocenters. The Bertz CT molecular complexity index is 519. The number of hydrogen-bond acceptors (Lipinski definition) is 3. The highest BCUT2D eigenvalue weighted by Crippen LogP contribution is 2.24. The average Bonchev–Trinajstić information content (AvgIpc) is 2.71. The molecule has 1 aromatic heterocycles. The zero-order valence-electron chi connectivity index (χ0n) is 9.71. The Morgan fingerprint density at radius 2 is 1.94 bits per heavy atom. The largest absolute Gasteiger partial charge is 0.464 e. The maximum Gasteiger partial charge on any atom is 0.355 e. The molecular weight excluding hydrogens is 234 g/mol. The fraction of sp³-hybridized carbons (Fsp3) is 0.154. The van der Waals surface area contributed by atoms with Crippen LogP contribution in [-0.2, 0) is 4.74 Å². The molecule has 0 saturated heterocycles. The van der Waals surface area contributed by atoms with E-state index in [1.807, 2.05) is 53.5 Å². The summed E-state index contributed by atoms with van der Waals surface area (Å²) >= 11 is 1.49. The van der Waals surface area contributed by atoms with E-state index in [4.69, 9.17) is 4.74 Å². The molecule has 4 heteroatoms. The number of carbonyl (C=O) groups is 1. The zero-order chi connectivity index (χ0) is 12.3. The number of aromatic nitrogens is 1. The molecule has 0 fully saturated rings. The molecule has 88 valence electrons. The molecule has 0 unspecified atom stereocenters. The van der Waals surface area contributed by atoms with Gasteiger partial charge < -0.3 is 4.74 Å². The Balaban J connectivity index is 2.31. The monoisotopic (exact) mass is 247 g/mol. The summed E-state index contributed by atoms with van der Waals surface area (Å²) in [5.74, 6) is -0.309. The summed E-state index contributed by atoms with van der Waals surface area (Å²) in [4.78, 5) is 12.7. The number of carbonyl (C=O) groups excluding carboxylic acids is 1. The molecule has 0 saturated carbocycles. The van der Waals surface area contributed by atoms with E-state index in [0.717, 1.165) is 10.5 Å². The van der Waals surface area contributed by atoms with Gasteiger partial charge in [-0.1, -0.05) is 18.2 Å². The van der Waals surface area contributed by atoms with Crippen molar-refractivity contribution in [3.63, 3.8) is 0 Å². The lowest BCUT2D eigenvalue weighted by molar-refractivity contribution is 0.0592. The molecule has 0 spiro atoms. The van der Waals surface area contributed by atoms with E-state index in [1.165, 1.54) is 19.1 Å². The van der Waals surface area contributed by atoms with Crippen LogP contribution in [0.2, 0.25) is 0 Å². The number of hydrogen-bond donors (Lipinski definition) is 0. The molecule has 0 N–H and O–H groups in total. The van der Waals surface area contributed by atoms with Gasteiger partial charge in [0.1, 0.15) is 5.69 Å². The van der Waals surface area contributed by atoms with Crippen molar-refractivity contribution in [1.29, 1.82) is 0 Å². The van der Waals surface area contributed by atoms with Crippen LogP contribution in [0.25, 0.3) is 0 Å². The molecule has 0 aliphatic carbocycles. The van der Waals surface area contributed by atoms with Crippen molar-refractivity contribution >= 4 is 17.9 Å². The third kappa shape index (κ3) is 2.53. The number of esters is 1. The van der Waals surface area contributed by atoms with Gasteiger partial charge in [-0.05, 0) is 42.6 Å². The van der Waals surface area contributed by atoms with Crippen LogP contribution in [0, 0.1) is 6.92 Å². The highest BCUT2D eigenvalue weighted by molar-refractivity contribution is 7.97. The van der Waals surface area contributed by atoms with Crippen molar-refractivity contribution in [1.82, 2.24) is 3.97 Å². The van der Waals surface area contributed by atoms with Crippen LogP contribution in [0.15, 0.2) is 47.5 Å². The summed E-state index contributed by atoms with van der Waals surface area (Å²) in [6.45, 7) is 1.90. The molecule has 1 aromatic carbocycles. The maximum atomic E-state index is 11.7. The first kappa shape index (κ1) is 11.8. The first-order valence-electron chi connectivity index (χ1n) is 5.22. The fourth-order valence-corrected chi connectivity index (χ4v) is 2.46. The van der Waals surface area contributed by atoms with Gasteiger partial charge in [0.15, 0.2) is 0 Å². The SMILES string of the molecule is COC(=O)c1c(C)ccn1Sc1ccccc1. The number of aryl methyl sites for hydroxylation is 1. The second-order valence-corrected chi connectivity index (χ2v) is 4.62. The van der Waals surface area contributed by atoms with Crippen LogP contribution in [0.1, 0.15) is 16.1 Å². The molecule has 3 nitrogen and oxygen atoms in total. The molecule has 0 aliphatic rings. The van der Waals surface area contributed by atoms with Gasteiger partial charge in [-0.2, -0.15) is 0 Å². The van der Waals surface area contributed by atoms with Crippen molar-refractivity contribution in [2.75, 3.05) is 7.11 Å². The van der Waals surface area contributed by atoms with Gasteiger partial charge in [0, 0.05) is 11.1 Å². The lowest BCUT2D eigenvalue weighted by Crippen LogP contribution is -2.07. The Hall–Kier alpha value is -1.68. The molecule has 1 heterocycles. The molecule has 0 radical (unpaired) electrons. The fourth-order valence-electron chi connectivity index (χ4n) is 1.53. The minimum Gasteiger partial charge on any atom is -0.464 e. The minimum absolute atomic E-state index is 0.309. The van der Waals surface area contributed by atoms with Crippen LogP contribution in [0.4, 0.5) is 0 Å². The van der Waals surface area contributed by atoms with Crippen LogP contribution in [0.5, 0.6) is 0 Å². The summed E-state index contributed by atoms with van der Waals surface area (Å²) < 4.78 is 6.61. The van der Waals surface area contributed by atoms with Gasteiger partial charge in [0.05, 0.1) is 7.11 Å². The Kier molecular flexibility index (Phi) is 3.54. The Morgan fingerprint density at radius 1 is 1.24 bits per heavy atom. The van der Waals surface area contributed by atoms with Gasteiger partial charge in [-0.15, -0.1) is 0 Å². The predicted octanol–water partition coefficient (Wildman–Crippen LogP) is 3.14. The van der Waals surface area contributed by atoms with Crippen molar-refractivity contribution in [2.24, 2.45) is 0 Å². The first-order valence-corrected chi connectivity index (χ1v) is 5.99. The highest BCUT2D eigenvalue weighted by atomic mass is 32.2. The quantitative estimate of drug-likeness (QED) is 0.781. The van der Waals surface area contributed by atoms with E-state index < -0.39 is 0 Å². The second-order valence-electron chi connectivity index (χ2n) is 3.57. The lowest BCUT2D eigenvalue weighted by atomic mass is 10.3. The summed E-state index contributed by atoms with van der Waals surface area (Å²) in [5, 5.41) is 0. The normalized spacial score (nSPS) is 10.2. The smallest absolute Gasteiger partial charge is 0.355 e.